The maximum absolute atomic E-state index is 12.9. The highest BCUT2D eigenvalue weighted by Gasteiger charge is 2.42. The fourth-order valence-electron chi connectivity index (χ4n) is 2.56. The summed E-state index contributed by atoms with van der Waals surface area (Å²) in [4.78, 5) is 0. The van der Waals surface area contributed by atoms with Crippen molar-refractivity contribution in [1.82, 2.24) is 0 Å². The maximum Gasteiger partial charge on any atom is 0.416 e. The van der Waals surface area contributed by atoms with Crippen LogP contribution in [0.3, 0.4) is 0 Å². The van der Waals surface area contributed by atoms with Crippen LogP contribution >= 0.6 is 0 Å². The highest BCUT2D eigenvalue weighted by atomic mass is 19.4. The van der Waals surface area contributed by atoms with Crippen molar-refractivity contribution >= 4 is 0 Å². The molecule has 0 amide bonds. The Bertz CT molecular complexity index is 422. The van der Waals surface area contributed by atoms with E-state index in [1.54, 1.807) is 0 Å². The molecule has 2 rings (SSSR count). The third kappa shape index (κ3) is 2.11. The fourth-order valence-corrected chi connectivity index (χ4v) is 2.56. The number of alkyl halides is 3. The summed E-state index contributed by atoms with van der Waals surface area (Å²) in [5, 5.41) is 9.70. The van der Waals surface area contributed by atoms with Crippen molar-refractivity contribution in [3.63, 3.8) is 0 Å². The molecule has 2 nitrogen and oxygen atoms in total. The molecule has 0 unspecified atom stereocenters. The summed E-state index contributed by atoms with van der Waals surface area (Å²) in [6.45, 7) is 0. The number of hydrogen-bond acceptors (Lipinski definition) is 2. The van der Waals surface area contributed by atoms with Crippen molar-refractivity contribution in [3.05, 3.63) is 29.3 Å². The molecule has 0 bridgehead atoms. The Kier molecular flexibility index (Phi) is 2.81. The summed E-state index contributed by atoms with van der Waals surface area (Å²) >= 11 is 0. The van der Waals surface area contributed by atoms with Gasteiger partial charge in [-0.05, 0) is 25.0 Å². The zero-order valence-electron chi connectivity index (χ0n) is 9.22. The molecule has 1 saturated carbocycles. The molecule has 3 N–H and O–H groups in total. The maximum atomic E-state index is 12.9. The van der Waals surface area contributed by atoms with Crippen LogP contribution in [-0.4, -0.2) is 5.11 Å². The summed E-state index contributed by atoms with van der Waals surface area (Å²) in [6, 6.07) is 3.43. The molecule has 0 saturated heterocycles. The number of phenolic OH excluding ortho intramolecular Hbond substituents is 1. The van der Waals surface area contributed by atoms with Crippen molar-refractivity contribution in [3.8, 4) is 5.75 Å². The minimum atomic E-state index is -4.48. The Balaban J connectivity index is 2.59. The molecule has 1 fully saturated rings. The van der Waals surface area contributed by atoms with E-state index in [1.165, 1.54) is 12.1 Å². The average molecular weight is 245 g/mol. The van der Waals surface area contributed by atoms with E-state index in [1.807, 2.05) is 0 Å². The van der Waals surface area contributed by atoms with Gasteiger partial charge in [0.15, 0.2) is 0 Å². The van der Waals surface area contributed by atoms with Crippen LogP contribution in [0.25, 0.3) is 0 Å². The molecule has 1 aliphatic rings. The Labute approximate surface area is 97.2 Å². The Morgan fingerprint density at radius 3 is 2.29 bits per heavy atom. The van der Waals surface area contributed by atoms with Crippen LogP contribution in [0.4, 0.5) is 13.2 Å². The average Bonchev–Trinajstić information content (AvgIpc) is 2.64. The monoisotopic (exact) mass is 245 g/mol. The first-order chi connectivity index (χ1) is 7.84. The normalized spacial score (nSPS) is 19.5. The van der Waals surface area contributed by atoms with Crippen LogP contribution in [0, 0.1) is 0 Å². The van der Waals surface area contributed by atoms with E-state index in [-0.39, 0.29) is 11.3 Å². The molecule has 17 heavy (non-hydrogen) atoms. The molecule has 0 aromatic heterocycles. The third-order valence-corrected chi connectivity index (χ3v) is 3.34. The van der Waals surface area contributed by atoms with E-state index >= 15 is 0 Å². The number of aromatic hydroxyl groups is 1. The van der Waals surface area contributed by atoms with Gasteiger partial charge in [-0.1, -0.05) is 18.9 Å². The second kappa shape index (κ2) is 3.91. The number of rotatable bonds is 1. The molecule has 0 atom stereocenters. The molecular formula is C12H14F3NO. The van der Waals surface area contributed by atoms with Gasteiger partial charge in [-0.2, -0.15) is 13.2 Å². The molecule has 0 heterocycles. The fraction of sp³-hybridized carbons (Fsp3) is 0.500. The van der Waals surface area contributed by atoms with E-state index in [2.05, 4.69) is 0 Å². The molecule has 0 spiro atoms. The number of phenols is 1. The number of hydrogen-bond donors (Lipinski definition) is 2. The largest absolute Gasteiger partial charge is 0.508 e. The molecule has 5 heteroatoms. The summed E-state index contributed by atoms with van der Waals surface area (Å²) < 4.78 is 38.7. The van der Waals surface area contributed by atoms with Crippen LogP contribution in [-0.2, 0) is 11.7 Å². The van der Waals surface area contributed by atoms with Gasteiger partial charge in [0.2, 0.25) is 0 Å². The van der Waals surface area contributed by atoms with Crippen molar-refractivity contribution in [2.45, 2.75) is 37.4 Å². The summed E-state index contributed by atoms with van der Waals surface area (Å²) in [7, 11) is 0. The van der Waals surface area contributed by atoms with Crippen LogP contribution < -0.4 is 5.73 Å². The number of nitrogens with two attached hydrogens (primary N) is 1. The highest BCUT2D eigenvalue weighted by molar-refractivity contribution is 5.46. The van der Waals surface area contributed by atoms with Gasteiger partial charge in [-0.15, -0.1) is 0 Å². The second-order valence-corrected chi connectivity index (χ2v) is 4.56. The second-order valence-electron chi connectivity index (χ2n) is 4.56. The zero-order chi connectivity index (χ0) is 12.7. The van der Waals surface area contributed by atoms with Gasteiger partial charge in [-0.3, -0.25) is 0 Å². The molecule has 1 aromatic carbocycles. The lowest BCUT2D eigenvalue weighted by atomic mass is 9.85. The van der Waals surface area contributed by atoms with E-state index in [0.29, 0.717) is 12.8 Å². The van der Waals surface area contributed by atoms with E-state index in [4.69, 9.17) is 5.73 Å². The van der Waals surface area contributed by atoms with Gasteiger partial charge in [0.25, 0.3) is 0 Å². The predicted molar refractivity (Wildman–Crippen MR) is 57.4 cm³/mol. The lowest BCUT2D eigenvalue weighted by Crippen LogP contribution is -2.35. The summed E-state index contributed by atoms with van der Waals surface area (Å²) in [5.74, 6) is -0.357. The van der Waals surface area contributed by atoms with Crippen LogP contribution in [0.1, 0.15) is 36.8 Å². The number of benzene rings is 1. The Hall–Kier alpha value is -1.23. The lowest BCUT2D eigenvalue weighted by Gasteiger charge is -2.28. The van der Waals surface area contributed by atoms with E-state index < -0.39 is 17.3 Å². The van der Waals surface area contributed by atoms with Gasteiger partial charge in [-0.25, -0.2) is 0 Å². The smallest absolute Gasteiger partial charge is 0.416 e. The number of halogens is 3. The predicted octanol–water partition coefficient (Wildman–Crippen LogP) is 3.14. The first-order valence-corrected chi connectivity index (χ1v) is 5.53. The van der Waals surface area contributed by atoms with Crippen molar-refractivity contribution < 1.29 is 18.3 Å². The van der Waals surface area contributed by atoms with Crippen LogP contribution in [0.5, 0.6) is 5.75 Å². The zero-order valence-corrected chi connectivity index (χ0v) is 9.22. The topological polar surface area (TPSA) is 46.2 Å². The van der Waals surface area contributed by atoms with Crippen LogP contribution in [0.15, 0.2) is 18.2 Å². The molecular weight excluding hydrogens is 231 g/mol. The molecule has 0 aliphatic heterocycles. The molecule has 0 radical (unpaired) electrons. The molecule has 94 valence electrons. The van der Waals surface area contributed by atoms with Crippen molar-refractivity contribution in [2.75, 3.05) is 0 Å². The van der Waals surface area contributed by atoms with Gasteiger partial charge in [0, 0.05) is 11.1 Å². The minimum absolute atomic E-state index is 0.148. The lowest BCUT2D eigenvalue weighted by molar-refractivity contribution is -0.139. The van der Waals surface area contributed by atoms with Gasteiger partial charge < -0.3 is 10.8 Å². The standard InChI is InChI=1S/C12H14F3NO/c13-12(14,15)8-4-3-5-9(17)10(8)11(16)6-1-2-7-11/h3-5,17H,1-2,6-7,16H2. The summed E-state index contributed by atoms with van der Waals surface area (Å²) in [5.41, 5.74) is 4.01. The van der Waals surface area contributed by atoms with E-state index in [9.17, 15) is 18.3 Å². The Morgan fingerprint density at radius 2 is 1.76 bits per heavy atom. The van der Waals surface area contributed by atoms with Gasteiger partial charge >= 0.3 is 6.18 Å². The highest BCUT2D eigenvalue weighted by Crippen LogP contribution is 2.46. The Morgan fingerprint density at radius 1 is 1.18 bits per heavy atom. The van der Waals surface area contributed by atoms with E-state index in [0.717, 1.165) is 18.9 Å². The first-order valence-electron chi connectivity index (χ1n) is 5.53. The molecule has 1 aromatic rings. The van der Waals surface area contributed by atoms with Crippen LogP contribution in [0.2, 0.25) is 0 Å². The quantitative estimate of drug-likeness (QED) is 0.798. The third-order valence-electron chi connectivity index (χ3n) is 3.34. The minimum Gasteiger partial charge on any atom is -0.508 e. The summed E-state index contributed by atoms with van der Waals surface area (Å²) in [6.07, 6.45) is -1.94. The van der Waals surface area contributed by atoms with Crippen molar-refractivity contribution in [1.29, 1.82) is 0 Å². The first kappa shape index (κ1) is 12.2. The van der Waals surface area contributed by atoms with Gasteiger partial charge in [0.05, 0.1) is 5.56 Å². The SMILES string of the molecule is NC1(c2c(O)cccc2C(F)(F)F)CCCC1. The van der Waals surface area contributed by atoms with Gasteiger partial charge in [0.1, 0.15) is 5.75 Å². The molecule has 1 aliphatic carbocycles. The van der Waals surface area contributed by atoms with Crippen molar-refractivity contribution in [2.24, 2.45) is 5.73 Å².